The Bertz CT molecular complexity index is 370. The van der Waals surface area contributed by atoms with Gasteiger partial charge in [0.2, 0.25) is 0 Å². The molecule has 0 radical (unpaired) electrons. The summed E-state index contributed by atoms with van der Waals surface area (Å²) >= 11 is 0. The number of nitrogens with two attached hydrogens (primary N) is 1. The van der Waals surface area contributed by atoms with Crippen LogP contribution in [0.3, 0.4) is 0 Å². The fourth-order valence-electron chi connectivity index (χ4n) is 2.35. The van der Waals surface area contributed by atoms with Gasteiger partial charge < -0.3 is 10.5 Å². The van der Waals surface area contributed by atoms with Crippen molar-refractivity contribution < 1.29 is 4.74 Å². The van der Waals surface area contributed by atoms with Crippen LogP contribution < -0.4 is 5.73 Å². The highest BCUT2D eigenvalue weighted by atomic mass is 16.5. The van der Waals surface area contributed by atoms with E-state index in [9.17, 15) is 0 Å². The molecule has 0 aromatic heterocycles. The van der Waals surface area contributed by atoms with E-state index in [1.54, 1.807) is 7.11 Å². The molecule has 1 rings (SSSR count). The van der Waals surface area contributed by atoms with E-state index in [0.717, 1.165) is 19.7 Å². The number of ether oxygens (including phenoxy) is 1. The number of hydrogen-bond donors (Lipinski definition) is 1. The largest absolute Gasteiger partial charge is 0.383 e. The molecule has 1 unspecified atom stereocenters. The predicted octanol–water partition coefficient (Wildman–Crippen LogP) is 2.66. The van der Waals surface area contributed by atoms with Crippen LogP contribution >= 0.6 is 0 Å². The number of aryl methyl sites for hydroxylation is 2. The quantitative estimate of drug-likeness (QED) is 0.823. The van der Waals surface area contributed by atoms with Crippen LogP contribution in [0.25, 0.3) is 0 Å². The van der Waals surface area contributed by atoms with Crippen LogP contribution in [0.1, 0.15) is 36.6 Å². The van der Waals surface area contributed by atoms with Crippen molar-refractivity contribution in [2.75, 3.05) is 26.8 Å². The van der Waals surface area contributed by atoms with E-state index in [2.05, 4.69) is 50.8 Å². The van der Waals surface area contributed by atoms with Crippen molar-refractivity contribution >= 4 is 0 Å². The first-order valence-electron chi connectivity index (χ1n) is 7.00. The average molecular weight is 264 g/mol. The first-order valence-corrected chi connectivity index (χ1v) is 7.00. The molecule has 0 spiro atoms. The van der Waals surface area contributed by atoms with E-state index in [4.69, 9.17) is 10.5 Å². The van der Waals surface area contributed by atoms with Crippen molar-refractivity contribution in [3.05, 3.63) is 34.9 Å². The van der Waals surface area contributed by atoms with Gasteiger partial charge in [0.15, 0.2) is 0 Å². The molecule has 0 amide bonds. The molecule has 0 saturated carbocycles. The molecule has 0 aliphatic rings. The maximum atomic E-state index is 6.36. The molecule has 3 heteroatoms. The van der Waals surface area contributed by atoms with Crippen LogP contribution in [0, 0.1) is 13.8 Å². The van der Waals surface area contributed by atoms with Crippen LogP contribution in [-0.2, 0) is 4.74 Å². The third-order valence-corrected chi connectivity index (χ3v) is 3.42. The predicted molar refractivity (Wildman–Crippen MR) is 81.4 cm³/mol. The molecule has 0 aliphatic carbocycles. The lowest BCUT2D eigenvalue weighted by Crippen LogP contribution is -2.39. The zero-order chi connectivity index (χ0) is 14.4. The molecular formula is C16H28N2O. The third-order valence-electron chi connectivity index (χ3n) is 3.42. The van der Waals surface area contributed by atoms with Crippen molar-refractivity contribution in [2.24, 2.45) is 5.73 Å². The Labute approximate surface area is 117 Å². The standard InChI is InChI=1S/C16H28N2O/c1-12(2)18(6-7-19-5)11-16(17)15-9-13(3)8-14(4)10-15/h8-10,12,16H,6-7,11,17H2,1-5H3. The summed E-state index contributed by atoms with van der Waals surface area (Å²) in [5.74, 6) is 0. The maximum absolute atomic E-state index is 6.36. The van der Waals surface area contributed by atoms with Gasteiger partial charge in [-0.15, -0.1) is 0 Å². The summed E-state index contributed by atoms with van der Waals surface area (Å²) in [6.07, 6.45) is 0. The topological polar surface area (TPSA) is 38.5 Å². The molecule has 0 bridgehead atoms. The molecule has 0 saturated heterocycles. The lowest BCUT2D eigenvalue weighted by atomic mass is 10.0. The lowest BCUT2D eigenvalue weighted by molar-refractivity contribution is 0.125. The van der Waals surface area contributed by atoms with Crippen molar-refractivity contribution in [3.63, 3.8) is 0 Å². The second-order valence-electron chi connectivity index (χ2n) is 5.61. The van der Waals surface area contributed by atoms with E-state index in [1.807, 2.05) is 0 Å². The fraction of sp³-hybridized carbons (Fsp3) is 0.625. The van der Waals surface area contributed by atoms with Gasteiger partial charge in [0.1, 0.15) is 0 Å². The van der Waals surface area contributed by atoms with Crippen LogP contribution in [0.15, 0.2) is 18.2 Å². The number of nitrogens with zero attached hydrogens (tertiary/aromatic N) is 1. The summed E-state index contributed by atoms with van der Waals surface area (Å²) in [4.78, 5) is 2.37. The third kappa shape index (κ3) is 5.31. The summed E-state index contributed by atoms with van der Waals surface area (Å²) in [6, 6.07) is 7.09. The smallest absolute Gasteiger partial charge is 0.0589 e. The number of hydrogen-bond acceptors (Lipinski definition) is 3. The molecule has 0 heterocycles. The van der Waals surface area contributed by atoms with Gasteiger partial charge in [-0.25, -0.2) is 0 Å². The Hall–Kier alpha value is -0.900. The highest BCUT2D eigenvalue weighted by Crippen LogP contribution is 2.17. The van der Waals surface area contributed by atoms with Gasteiger partial charge in [-0.2, -0.15) is 0 Å². The van der Waals surface area contributed by atoms with Crippen LogP contribution in [-0.4, -0.2) is 37.7 Å². The first kappa shape index (κ1) is 16.2. The second-order valence-corrected chi connectivity index (χ2v) is 5.61. The second kappa shape index (κ2) is 7.63. The average Bonchev–Trinajstić information content (AvgIpc) is 2.32. The van der Waals surface area contributed by atoms with Crippen molar-refractivity contribution in [1.29, 1.82) is 0 Å². The Morgan fingerprint density at radius 1 is 1.16 bits per heavy atom. The molecule has 0 aliphatic heterocycles. The minimum atomic E-state index is 0.0536. The van der Waals surface area contributed by atoms with Crippen molar-refractivity contribution in [3.8, 4) is 0 Å². The van der Waals surface area contributed by atoms with Gasteiger partial charge in [0.05, 0.1) is 6.61 Å². The highest BCUT2D eigenvalue weighted by Gasteiger charge is 2.15. The Kier molecular flexibility index (Phi) is 6.49. The molecule has 1 atom stereocenters. The Morgan fingerprint density at radius 2 is 1.74 bits per heavy atom. The van der Waals surface area contributed by atoms with E-state index < -0.39 is 0 Å². The van der Waals surface area contributed by atoms with Gasteiger partial charge in [0.25, 0.3) is 0 Å². The molecule has 1 aromatic rings. The van der Waals surface area contributed by atoms with E-state index >= 15 is 0 Å². The highest BCUT2D eigenvalue weighted by molar-refractivity contribution is 5.30. The summed E-state index contributed by atoms with van der Waals surface area (Å²) in [6.45, 7) is 11.2. The van der Waals surface area contributed by atoms with Crippen molar-refractivity contribution in [1.82, 2.24) is 4.90 Å². The zero-order valence-electron chi connectivity index (χ0n) is 12.9. The Morgan fingerprint density at radius 3 is 2.21 bits per heavy atom. The van der Waals surface area contributed by atoms with E-state index in [-0.39, 0.29) is 6.04 Å². The van der Waals surface area contributed by atoms with E-state index in [0.29, 0.717) is 6.04 Å². The van der Waals surface area contributed by atoms with Crippen LogP contribution in [0.5, 0.6) is 0 Å². The molecule has 108 valence electrons. The molecule has 2 N–H and O–H groups in total. The summed E-state index contributed by atoms with van der Waals surface area (Å²) in [5, 5.41) is 0. The zero-order valence-corrected chi connectivity index (χ0v) is 12.9. The molecule has 1 aromatic carbocycles. The van der Waals surface area contributed by atoms with E-state index in [1.165, 1.54) is 16.7 Å². The van der Waals surface area contributed by atoms with Gasteiger partial charge in [-0.1, -0.05) is 29.3 Å². The van der Waals surface area contributed by atoms with Crippen LogP contribution in [0.4, 0.5) is 0 Å². The maximum Gasteiger partial charge on any atom is 0.0589 e. The minimum Gasteiger partial charge on any atom is -0.383 e. The Balaban J connectivity index is 2.72. The first-order chi connectivity index (χ1) is 8.93. The normalized spacial score (nSPS) is 13.3. The lowest BCUT2D eigenvalue weighted by Gasteiger charge is -2.29. The summed E-state index contributed by atoms with van der Waals surface area (Å²) in [5.41, 5.74) is 10.1. The van der Waals surface area contributed by atoms with Gasteiger partial charge in [-0.3, -0.25) is 4.90 Å². The van der Waals surface area contributed by atoms with Gasteiger partial charge in [0, 0.05) is 32.3 Å². The van der Waals surface area contributed by atoms with Crippen LogP contribution in [0.2, 0.25) is 0 Å². The SMILES string of the molecule is COCCN(CC(N)c1cc(C)cc(C)c1)C(C)C. The summed E-state index contributed by atoms with van der Waals surface area (Å²) in [7, 11) is 1.74. The molecule has 0 fully saturated rings. The van der Waals surface area contributed by atoms with Gasteiger partial charge in [-0.05, 0) is 33.3 Å². The molecular weight excluding hydrogens is 236 g/mol. The monoisotopic (exact) mass is 264 g/mol. The molecule has 19 heavy (non-hydrogen) atoms. The van der Waals surface area contributed by atoms with Crippen molar-refractivity contribution in [2.45, 2.75) is 39.8 Å². The minimum absolute atomic E-state index is 0.0536. The number of rotatable bonds is 7. The molecule has 3 nitrogen and oxygen atoms in total. The van der Waals surface area contributed by atoms with Gasteiger partial charge >= 0.3 is 0 Å². The summed E-state index contributed by atoms with van der Waals surface area (Å²) < 4.78 is 5.17. The number of benzene rings is 1. The number of methoxy groups -OCH3 is 1. The fourth-order valence-corrected chi connectivity index (χ4v) is 2.35.